The van der Waals surface area contributed by atoms with Crippen molar-refractivity contribution in [1.82, 2.24) is 0 Å². The summed E-state index contributed by atoms with van der Waals surface area (Å²) in [6.45, 7) is 2.26. The van der Waals surface area contributed by atoms with Gasteiger partial charge < -0.3 is 0 Å². The molecule has 0 rings (SSSR count). The minimum absolute atomic E-state index is 0.786. The Morgan fingerprint density at radius 3 is 1.89 bits per heavy atom. The molecule has 0 spiro atoms. The van der Waals surface area contributed by atoms with Gasteiger partial charge in [0.25, 0.3) is 0 Å². The zero-order chi connectivity index (χ0) is 13.3. The van der Waals surface area contributed by atoms with Crippen LogP contribution in [0.4, 0.5) is 0 Å². The summed E-state index contributed by atoms with van der Waals surface area (Å²) >= 11 is 0. The Kier molecular flexibility index (Phi) is 14.9. The number of allylic oxidation sites excluding steroid dienone is 6. The number of hydrogen-bond donors (Lipinski definition) is 0. The van der Waals surface area contributed by atoms with Gasteiger partial charge in [0.05, 0.1) is 0 Å². The fraction of sp³-hybridized carbons (Fsp3) is 0.588. The Labute approximate surface area is 113 Å². The van der Waals surface area contributed by atoms with Crippen molar-refractivity contribution in [3.8, 4) is 0 Å². The summed E-state index contributed by atoms with van der Waals surface area (Å²) in [5.74, 6) is 0. The third kappa shape index (κ3) is 14.9. The van der Waals surface area contributed by atoms with Crippen molar-refractivity contribution in [1.29, 1.82) is 0 Å². The second-order valence-electron chi connectivity index (χ2n) is 4.60. The Balaban J connectivity index is 3.19. The fourth-order valence-electron chi connectivity index (χ4n) is 1.81. The van der Waals surface area contributed by atoms with Gasteiger partial charge in [-0.3, -0.25) is 4.79 Å². The SMILES string of the molecule is CCCCCCCCCC\C=C/C=C\C=C/C=O. The monoisotopic (exact) mass is 248 g/mol. The average molecular weight is 248 g/mol. The molecule has 0 heterocycles. The van der Waals surface area contributed by atoms with Crippen molar-refractivity contribution in [2.45, 2.75) is 64.7 Å². The van der Waals surface area contributed by atoms with Gasteiger partial charge in [0.2, 0.25) is 0 Å². The van der Waals surface area contributed by atoms with Gasteiger partial charge in [0.1, 0.15) is 6.29 Å². The molecule has 1 heteroatoms. The number of carbonyl (C=O) groups is 1. The van der Waals surface area contributed by atoms with E-state index in [4.69, 9.17) is 0 Å². The topological polar surface area (TPSA) is 17.1 Å². The van der Waals surface area contributed by atoms with E-state index in [2.05, 4.69) is 19.1 Å². The molecule has 0 radical (unpaired) electrons. The van der Waals surface area contributed by atoms with E-state index in [1.165, 1.54) is 57.4 Å². The Hall–Kier alpha value is -1.11. The highest BCUT2D eigenvalue weighted by Crippen LogP contribution is 2.09. The van der Waals surface area contributed by atoms with Crippen LogP contribution in [0, 0.1) is 0 Å². The summed E-state index contributed by atoms with van der Waals surface area (Å²) in [6.07, 6.45) is 24.3. The number of unbranched alkanes of at least 4 members (excludes halogenated alkanes) is 8. The van der Waals surface area contributed by atoms with Gasteiger partial charge in [0, 0.05) is 0 Å². The third-order valence-electron chi connectivity index (χ3n) is 2.88. The van der Waals surface area contributed by atoms with E-state index >= 15 is 0 Å². The molecule has 0 bridgehead atoms. The largest absolute Gasteiger partial charge is 0.299 e. The summed E-state index contributed by atoms with van der Waals surface area (Å²) in [4.78, 5) is 9.98. The molecular formula is C17H28O. The van der Waals surface area contributed by atoms with Crippen molar-refractivity contribution in [3.05, 3.63) is 36.5 Å². The van der Waals surface area contributed by atoms with Crippen LogP contribution in [0.15, 0.2) is 36.5 Å². The van der Waals surface area contributed by atoms with Gasteiger partial charge in [-0.25, -0.2) is 0 Å². The smallest absolute Gasteiger partial charge is 0.142 e. The molecule has 0 saturated carbocycles. The van der Waals surface area contributed by atoms with Crippen molar-refractivity contribution in [2.75, 3.05) is 0 Å². The Morgan fingerprint density at radius 2 is 1.22 bits per heavy atom. The number of rotatable bonds is 12. The quantitative estimate of drug-likeness (QED) is 0.196. The minimum Gasteiger partial charge on any atom is -0.299 e. The van der Waals surface area contributed by atoms with Crippen LogP contribution in [0.25, 0.3) is 0 Å². The van der Waals surface area contributed by atoms with Crippen molar-refractivity contribution < 1.29 is 4.79 Å². The van der Waals surface area contributed by atoms with E-state index in [1.807, 2.05) is 12.2 Å². The van der Waals surface area contributed by atoms with Crippen LogP contribution >= 0.6 is 0 Å². The minimum atomic E-state index is 0.786. The normalized spacial score (nSPS) is 12.1. The maximum Gasteiger partial charge on any atom is 0.142 e. The zero-order valence-electron chi connectivity index (χ0n) is 11.8. The molecule has 102 valence electrons. The molecule has 0 aromatic heterocycles. The molecule has 0 amide bonds. The van der Waals surface area contributed by atoms with Crippen LogP contribution in [0.1, 0.15) is 64.7 Å². The maximum atomic E-state index is 9.98. The van der Waals surface area contributed by atoms with E-state index in [-0.39, 0.29) is 0 Å². The molecule has 0 atom stereocenters. The van der Waals surface area contributed by atoms with E-state index in [0.29, 0.717) is 0 Å². The van der Waals surface area contributed by atoms with Crippen molar-refractivity contribution in [2.24, 2.45) is 0 Å². The summed E-state index contributed by atoms with van der Waals surface area (Å²) in [7, 11) is 0. The van der Waals surface area contributed by atoms with Crippen LogP contribution in [0.3, 0.4) is 0 Å². The Morgan fingerprint density at radius 1 is 0.667 bits per heavy atom. The summed E-state index contributed by atoms with van der Waals surface area (Å²) < 4.78 is 0. The first-order valence-electron chi connectivity index (χ1n) is 7.35. The predicted molar refractivity (Wildman–Crippen MR) is 80.7 cm³/mol. The maximum absolute atomic E-state index is 9.98. The predicted octanol–water partition coefficient (Wildman–Crippen LogP) is 5.38. The van der Waals surface area contributed by atoms with Gasteiger partial charge in [-0.15, -0.1) is 0 Å². The van der Waals surface area contributed by atoms with Crippen molar-refractivity contribution >= 4 is 6.29 Å². The van der Waals surface area contributed by atoms with E-state index in [1.54, 1.807) is 6.08 Å². The molecule has 0 aliphatic heterocycles. The lowest BCUT2D eigenvalue weighted by Crippen LogP contribution is -1.79. The van der Waals surface area contributed by atoms with Crippen LogP contribution in [-0.4, -0.2) is 6.29 Å². The second-order valence-corrected chi connectivity index (χ2v) is 4.60. The highest BCUT2D eigenvalue weighted by atomic mass is 16.1. The standard InChI is InChI=1S/C17H28O/c1-2-3-4-5-6-7-8-9-10-11-12-13-14-15-16-17-18/h11-17H,2-10H2,1H3/b12-11-,14-13-,16-15-. The number of aldehydes is 1. The van der Waals surface area contributed by atoms with Gasteiger partial charge in [0.15, 0.2) is 0 Å². The van der Waals surface area contributed by atoms with Crippen LogP contribution < -0.4 is 0 Å². The molecule has 0 aliphatic rings. The fourth-order valence-corrected chi connectivity index (χ4v) is 1.81. The van der Waals surface area contributed by atoms with Gasteiger partial charge in [-0.1, -0.05) is 82.2 Å². The first-order chi connectivity index (χ1) is 8.91. The highest BCUT2D eigenvalue weighted by molar-refractivity contribution is 5.65. The first kappa shape index (κ1) is 16.9. The van der Waals surface area contributed by atoms with Gasteiger partial charge >= 0.3 is 0 Å². The van der Waals surface area contributed by atoms with Crippen molar-refractivity contribution in [3.63, 3.8) is 0 Å². The third-order valence-corrected chi connectivity index (χ3v) is 2.88. The summed E-state index contributed by atoms with van der Waals surface area (Å²) in [6, 6.07) is 0. The molecule has 1 nitrogen and oxygen atoms in total. The number of hydrogen-bond acceptors (Lipinski definition) is 1. The summed E-state index contributed by atoms with van der Waals surface area (Å²) in [5.41, 5.74) is 0. The zero-order valence-corrected chi connectivity index (χ0v) is 11.8. The first-order valence-corrected chi connectivity index (χ1v) is 7.35. The molecule has 0 aliphatic carbocycles. The van der Waals surface area contributed by atoms with Gasteiger partial charge in [-0.05, 0) is 18.9 Å². The van der Waals surface area contributed by atoms with Crippen LogP contribution in [0.2, 0.25) is 0 Å². The molecule has 0 N–H and O–H groups in total. The lowest BCUT2D eigenvalue weighted by atomic mass is 10.1. The van der Waals surface area contributed by atoms with E-state index in [9.17, 15) is 4.79 Å². The highest BCUT2D eigenvalue weighted by Gasteiger charge is 1.89. The lowest BCUT2D eigenvalue weighted by molar-refractivity contribution is -0.104. The van der Waals surface area contributed by atoms with Crippen LogP contribution in [-0.2, 0) is 4.79 Å². The molecule has 0 saturated heterocycles. The molecule has 0 aromatic carbocycles. The van der Waals surface area contributed by atoms with Crippen LogP contribution in [0.5, 0.6) is 0 Å². The lowest BCUT2D eigenvalue weighted by Gasteiger charge is -1.99. The Bertz CT molecular complexity index is 248. The molecule has 0 unspecified atom stereocenters. The second kappa shape index (κ2) is 15.9. The van der Waals surface area contributed by atoms with E-state index in [0.717, 1.165) is 12.7 Å². The van der Waals surface area contributed by atoms with E-state index < -0.39 is 0 Å². The average Bonchev–Trinajstić information content (AvgIpc) is 2.39. The molecular weight excluding hydrogens is 220 g/mol. The molecule has 0 fully saturated rings. The molecule has 18 heavy (non-hydrogen) atoms. The summed E-state index contributed by atoms with van der Waals surface area (Å²) in [5, 5.41) is 0. The number of carbonyl (C=O) groups excluding carboxylic acids is 1. The van der Waals surface area contributed by atoms with Gasteiger partial charge in [-0.2, -0.15) is 0 Å². The molecule has 0 aromatic rings.